The van der Waals surface area contributed by atoms with E-state index in [1.807, 2.05) is 18.5 Å². The van der Waals surface area contributed by atoms with Crippen molar-refractivity contribution in [2.75, 3.05) is 7.05 Å². The van der Waals surface area contributed by atoms with Crippen molar-refractivity contribution in [2.24, 2.45) is 4.99 Å². The highest BCUT2D eigenvalue weighted by molar-refractivity contribution is 14.0. The molecule has 6 heteroatoms. The lowest BCUT2D eigenvalue weighted by Crippen LogP contribution is -2.37. The van der Waals surface area contributed by atoms with Crippen LogP contribution in [0.3, 0.4) is 0 Å². The predicted molar refractivity (Wildman–Crippen MR) is 131 cm³/mol. The van der Waals surface area contributed by atoms with Gasteiger partial charge in [0.25, 0.3) is 0 Å². The van der Waals surface area contributed by atoms with E-state index in [2.05, 4.69) is 80.6 Å². The smallest absolute Gasteiger partial charge is 0.191 e. The molecule has 2 aromatic carbocycles. The minimum absolute atomic E-state index is 0. The van der Waals surface area contributed by atoms with Crippen molar-refractivity contribution >= 4 is 29.9 Å². The molecule has 0 saturated heterocycles. The highest BCUT2D eigenvalue weighted by Gasteiger charge is 2.06. The number of hydrogen-bond donors (Lipinski definition) is 2. The van der Waals surface area contributed by atoms with E-state index >= 15 is 0 Å². The summed E-state index contributed by atoms with van der Waals surface area (Å²) in [5.41, 5.74) is 4.00. The molecule has 0 saturated carbocycles. The lowest BCUT2D eigenvalue weighted by atomic mass is 10.1. The molecular weight excluding hydrogens is 473 g/mol. The van der Waals surface area contributed by atoms with Crippen LogP contribution in [0.4, 0.5) is 0 Å². The summed E-state index contributed by atoms with van der Waals surface area (Å²) >= 11 is 0. The number of imidazole rings is 1. The minimum Gasteiger partial charge on any atom is -0.352 e. The van der Waals surface area contributed by atoms with Crippen LogP contribution in [-0.4, -0.2) is 22.6 Å². The molecule has 0 aliphatic carbocycles. The normalized spacial score (nSPS) is 11.0. The Bertz CT molecular complexity index is 889. The summed E-state index contributed by atoms with van der Waals surface area (Å²) in [4.78, 5) is 8.84. The molecule has 0 unspecified atom stereocenters. The van der Waals surface area contributed by atoms with Gasteiger partial charge >= 0.3 is 0 Å². The second-order valence-electron chi connectivity index (χ2n) is 6.67. The first-order valence-electron chi connectivity index (χ1n) is 9.85. The maximum atomic E-state index is 4.50. The number of nitrogens with one attached hydrogen (secondary N) is 2. The van der Waals surface area contributed by atoms with Gasteiger partial charge in [0.05, 0.1) is 6.54 Å². The van der Waals surface area contributed by atoms with Crippen molar-refractivity contribution in [2.45, 2.75) is 39.4 Å². The average Bonchev–Trinajstić information content (AvgIpc) is 3.20. The second-order valence-corrected chi connectivity index (χ2v) is 6.67. The van der Waals surface area contributed by atoms with E-state index in [9.17, 15) is 0 Å². The van der Waals surface area contributed by atoms with Crippen molar-refractivity contribution in [3.63, 3.8) is 0 Å². The zero-order valence-corrected chi connectivity index (χ0v) is 19.5. The average molecular weight is 503 g/mol. The van der Waals surface area contributed by atoms with Gasteiger partial charge in [0.2, 0.25) is 0 Å². The van der Waals surface area contributed by atoms with Crippen molar-refractivity contribution in [1.82, 2.24) is 20.2 Å². The van der Waals surface area contributed by atoms with Gasteiger partial charge in [0.1, 0.15) is 5.82 Å². The fraction of sp³-hybridized carbons (Fsp3) is 0.304. The third kappa shape index (κ3) is 6.88. The SMILES string of the molecule is CCc1ccccc1CNC(=NC)NCc1nccn1CCc1ccccc1.I. The maximum absolute atomic E-state index is 4.50. The molecule has 29 heavy (non-hydrogen) atoms. The van der Waals surface area contributed by atoms with Crippen LogP contribution >= 0.6 is 24.0 Å². The molecule has 0 spiro atoms. The summed E-state index contributed by atoms with van der Waals surface area (Å²) in [5.74, 6) is 1.79. The van der Waals surface area contributed by atoms with Gasteiger partial charge in [-0.25, -0.2) is 4.98 Å². The van der Waals surface area contributed by atoms with Crippen LogP contribution in [-0.2, 0) is 32.5 Å². The van der Waals surface area contributed by atoms with Crippen LogP contribution < -0.4 is 10.6 Å². The molecule has 0 fully saturated rings. The summed E-state index contributed by atoms with van der Waals surface area (Å²) in [6, 6.07) is 19.0. The molecule has 0 aliphatic rings. The number of aryl methyl sites for hydroxylation is 3. The van der Waals surface area contributed by atoms with Crippen LogP contribution in [0, 0.1) is 0 Å². The molecule has 0 bridgehead atoms. The molecule has 3 aromatic rings. The number of halogens is 1. The Morgan fingerprint density at radius 3 is 2.38 bits per heavy atom. The van der Waals surface area contributed by atoms with E-state index in [4.69, 9.17) is 0 Å². The first kappa shape index (κ1) is 22.9. The Labute approximate surface area is 190 Å². The molecule has 154 valence electrons. The van der Waals surface area contributed by atoms with Gasteiger partial charge < -0.3 is 15.2 Å². The van der Waals surface area contributed by atoms with Crippen LogP contribution in [0.15, 0.2) is 72.0 Å². The van der Waals surface area contributed by atoms with Crippen LogP contribution in [0.5, 0.6) is 0 Å². The lowest BCUT2D eigenvalue weighted by Gasteiger charge is -2.14. The van der Waals surface area contributed by atoms with Gasteiger partial charge in [-0.3, -0.25) is 4.99 Å². The third-order valence-corrected chi connectivity index (χ3v) is 4.87. The highest BCUT2D eigenvalue weighted by Crippen LogP contribution is 2.09. The van der Waals surface area contributed by atoms with Gasteiger partial charge in [-0.2, -0.15) is 0 Å². The monoisotopic (exact) mass is 503 g/mol. The van der Waals surface area contributed by atoms with Gasteiger partial charge in [-0.05, 0) is 29.5 Å². The van der Waals surface area contributed by atoms with E-state index in [1.54, 1.807) is 7.05 Å². The molecule has 1 heterocycles. The molecular formula is C23H30IN5. The molecule has 2 N–H and O–H groups in total. The minimum atomic E-state index is 0. The maximum Gasteiger partial charge on any atom is 0.191 e. The Kier molecular flexibility index (Phi) is 9.70. The van der Waals surface area contributed by atoms with Gasteiger partial charge in [-0.15, -0.1) is 24.0 Å². The number of aromatic nitrogens is 2. The Morgan fingerprint density at radius 2 is 1.66 bits per heavy atom. The van der Waals surface area contributed by atoms with E-state index in [0.29, 0.717) is 6.54 Å². The van der Waals surface area contributed by atoms with Crippen LogP contribution in [0.1, 0.15) is 29.4 Å². The van der Waals surface area contributed by atoms with Gasteiger partial charge in [0.15, 0.2) is 5.96 Å². The highest BCUT2D eigenvalue weighted by atomic mass is 127. The molecule has 0 atom stereocenters. The first-order valence-corrected chi connectivity index (χ1v) is 9.85. The van der Waals surface area contributed by atoms with E-state index < -0.39 is 0 Å². The number of nitrogens with zero attached hydrogens (tertiary/aromatic N) is 3. The lowest BCUT2D eigenvalue weighted by molar-refractivity contribution is 0.634. The summed E-state index contributed by atoms with van der Waals surface area (Å²) in [6.45, 7) is 4.49. The van der Waals surface area contributed by atoms with Crippen molar-refractivity contribution in [3.05, 3.63) is 89.5 Å². The van der Waals surface area contributed by atoms with Gasteiger partial charge in [0, 0.05) is 32.5 Å². The fourth-order valence-electron chi connectivity index (χ4n) is 3.24. The van der Waals surface area contributed by atoms with Crippen LogP contribution in [0.25, 0.3) is 0 Å². The van der Waals surface area contributed by atoms with Crippen molar-refractivity contribution < 1.29 is 0 Å². The van der Waals surface area contributed by atoms with Gasteiger partial charge in [-0.1, -0.05) is 61.5 Å². The second kappa shape index (κ2) is 12.3. The third-order valence-electron chi connectivity index (χ3n) is 4.87. The molecule has 1 aromatic heterocycles. The Balaban J connectivity index is 0.00000300. The Morgan fingerprint density at radius 1 is 0.966 bits per heavy atom. The number of hydrogen-bond acceptors (Lipinski definition) is 2. The first-order chi connectivity index (χ1) is 13.8. The van der Waals surface area contributed by atoms with E-state index in [0.717, 1.165) is 37.7 Å². The zero-order chi connectivity index (χ0) is 19.6. The number of aliphatic imine (C=N–C) groups is 1. The summed E-state index contributed by atoms with van der Waals surface area (Å²) in [7, 11) is 1.79. The molecule has 3 rings (SSSR count). The number of rotatable bonds is 8. The van der Waals surface area contributed by atoms with Crippen molar-refractivity contribution in [1.29, 1.82) is 0 Å². The largest absolute Gasteiger partial charge is 0.352 e. The van der Waals surface area contributed by atoms with Crippen molar-refractivity contribution in [3.8, 4) is 0 Å². The van der Waals surface area contributed by atoms with Crippen LogP contribution in [0.2, 0.25) is 0 Å². The molecule has 5 nitrogen and oxygen atoms in total. The summed E-state index contributed by atoms with van der Waals surface area (Å²) < 4.78 is 2.19. The standard InChI is InChI=1S/C23H29N5.HI/c1-3-20-11-7-8-12-21(20)17-26-23(24-2)27-18-22-25-14-16-28(22)15-13-19-9-5-4-6-10-19;/h4-12,14,16H,3,13,15,17-18H2,1-2H3,(H2,24,26,27);1H. The fourth-order valence-corrected chi connectivity index (χ4v) is 3.24. The summed E-state index contributed by atoms with van der Waals surface area (Å²) in [5, 5.41) is 6.78. The Hall–Kier alpha value is -2.35. The van der Waals surface area contributed by atoms with E-state index in [1.165, 1.54) is 16.7 Å². The summed E-state index contributed by atoms with van der Waals surface area (Å²) in [6.07, 6.45) is 5.91. The number of benzene rings is 2. The topological polar surface area (TPSA) is 54.2 Å². The molecule has 0 aliphatic heterocycles. The number of guanidine groups is 1. The molecule has 0 amide bonds. The zero-order valence-electron chi connectivity index (χ0n) is 17.1. The molecule has 0 radical (unpaired) electrons. The predicted octanol–water partition coefficient (Wildman–Crippen LogP) is 4.17. The quantitative estimate of drug-likeness (QED) is 0.276. The van der Waals surface area contributed by atoms with E-state index in [-0.39, 0.29) is 24.0 Å².